The molecule has 2 heterocycles. The third-order valence-electron chi connectivity index (χ3n) is 5.88. The van der Waals surface area contributed by atoms with Crippen molar-refractivity contribution in [2.24, 2.45) is 4.99 Å². The van der Waals surface area contributed by atoms with Crippen LogP contribution in [0.1, 0.15) is 24.2 Å². The van der Waals surface area contributed by atoms with Crippen LogP contribution in [0.2, 0.25) is 0 Å². The monoisotopic (exact) mass is 510 g/mol. The number of aromatic nitrogens is 2. The van der Waals surface area contributed by atoms with E-state index in [1.54, 1.807) is 0 Å². The predicted molar refractivity (Wildman–Crippen MR) is 148 cm³/mol. The van der Waals surface area contributed by atoms with Crippen LogP contribution in [-0.4, -0.2) is 34.6 Å². The maximum absolute atomic E-state index is 13.7. The van der Waals surface area contributed by atoms with Crippen LogP contribution in [0, 0.1) is 0 Å². The summed E-state index contributed by atoms with van der Waals surface area (Å²) >= 11 is 1.41. The third kappa shape index (κ3) is 5.35. The van der Waals surface area contributed by atoms with Crippen LogP contribution in [0.25, 0.3) is 32.4 Å². The fraction of sp³-hybridized carbons (Fsp3) is 0.172. The minimum Gasteiger partial charge on any atom is -0.380 e. The van der Waals surface area contributed by atoms with Crippen LogP contribution in [0.15, 0.2) is 83.9 Å². The summed E-state index contributed by atoms with van der Waals surface area (Å²) in [6, 6.07) is 24.9. The van der Waals surface area contributed by atoms with Gasteiger partial charge in [0.1, 0.15) is 0 Å². The molecule has 7 nitrogen and oxygen atoms in total. The van der Waals surface area contributed by atoms with Gasteiger partial charge in [0, 0.05) is 36.7 Å². The van der Waals surface area contributed by atoms with Crippen molar-refractivity contribution in [3.05, 3.63) is 89.2 Å². The Morgan fingerprint density at radius 1 is 1.03 bits per heavy atom. The second kappa shape index (κ2) is 10.9. The van der Waals surface area contributed by atoms with Crippen LogP contribution >= 0.6 is 11.3 Å². The van der Waals surface area contributed by atoms with Gasteiger partial charge in [-0.2, -0.15) is 4.99 Å². The third-order valence-corrected chi connectivity index (χ3v) is 6.92. The number of nitrogens with one attached hydrogen (secondary N) is 1. The molecule has 0 aliphatic carbocycles. The first-order valence-corrected chi connectivity index (χ1v) is 12.9. The molecule has 0 atom stereocenters. The van der Waals surface area contributed by atoms with Crippen LogP contribution in [0.4, 0.5) is 5.69 Å². The Hall–Kier alpha value is -4.14. The fourth-order valence-corrected chi connectivity index (χ4v) is 5.31. The van der Waals surface area contributed by atoms with Crippen molar-refractivity contribution in [1.29, 1.82) is 0 Å². The molecule has 0 fully saturated rings. The highest BCUT2D eigenvalue weighted by Crippen LogP contribution is 2.26. The lowest BCUT2D eigenvalue weighted by Crippen LogP contribution is -2.20. The van der Waals surface area contributed by atoms with E-state index < -0.39 is 0 Å². The van der Waals surface area contributed by atoms with Crippen molar-refractivity contribution in [3.63, 3.8) is 0 Å². The molecule has 0 saturated heterocycles. The summed E-state index contributed by atoms with van der Waals surface area (Å²) in [5.41, 5.74) is 4.51. The number of anilines is 1. The lowest BCUT2D eigenvalue weighted by Gasteiger charge is -2.08. The molecule has 2 aromatic heterocycles. The number of nitrogens with zero attached hydrogens (tertiary/aromatic N) is 3. The number of thiazole rings is 1. The number of rotatable bonds is 7. The number of fused-ring (bicyclic) bond motifs is 2. The average Bonchev–Trinajstić information content (AvgIpc) is 3.24. The van der Waals surface area contributed by atoms with Gasteiger partial charge in [0.2, 0.25) is 5.91 Å². The van der Waals surface area contributed by atoms with E-state index in [1.807, 2.05) is 90.4 Å². The molecule has 8 heteroatoms. The molecule has 5 rings (SSSR count). The van der Waals surface area contributed by atoms with Crippen LogP contribution in [-0.2, 0) is 16.1 Å². The van der Waals surface area contributed by atoms with E-state index in [-0.39, 0.29) is 11.8 Å². The predicted octanol–water partition coefficient (Wildman–Crippen LogP) is 5.65. The first-order valence-electron chi connectivity index (χ1n) is 12.1. The zero-order valence-corrected chi connectivity index (χ0v) is 21.4. The van der Waals surface area contributed by atoms with Gasteiger partial charge in [-0.05, 0) is 37.3 Å². The zero-order valence-electron chi connectivity index (χ0n) is 20.6. The van der Waals surface area contributed by atoms with Crippen molar-refractivity contribution in [2.75, 3.05) is 18.5 Å². The molecule has 37 heavy (non-hydrogen) atoms. The summed E-state index contributed by atoms with van der Waals surface area (Å²) in [6.45, 7) is 5.07. The molecule has 0 radical (unpaired) electrons. The van der Waals surface area contributed by atoms with Gasteiger partial charge < -0.3 is 14.6 Å². The van der Waals surface area contributed by atoms with Crippen molar-refractivity contribution in [2.45, 2.75) is 20.4 Å². The van der Waals surface area contributed by atoms with Crippen molar-refractivity contribution in [3.8, 4) is 11.3 Å². The van der Waals surface area contributed by atoms with Crippen LogP contribution < -0.4 is 10.1 Å². The van der Waals surface area contributed by atoms with E-state index in [9.17, 15) is 9.59 Å². The number of para-hydroxylation sites is 1. The highest BCUT2D eigenvalue weighted by atomic mass is 32.1. The van der Waals surface area contributed by atoms with Crippen molar-refractivity contribution >= 4 is 50.0 Å². The second-order valence-corrected chi connectivity index (χ2v) is 9.46. The summed E-state index contributed by atoms with van der Waals surface area (Å²) in [4.78, 5) is 35.2. The van der Waals surface area contributed by atoms with Crippen LogP contribution in [0.3, 0.4) is 0 Å². The molecule has 0 aliphatic rings. The molecule has 1 N–H and O–H groups in total. The number of amides is 2. The lowest BCUT2D eigenvalue weighted by atomic mass is 10.0. The van der Waals surface area contributed by atoms with Gasteiger partial charge >= 0.3 is 0 Å². The van der Waals surface area contributed by atoms with Gasteiger partial charge in [-0.25, -0.2) is 4.98 Å². The average molecular weight is 511 g/mol. The quantitative estimate of drug-likeness (QED) is 0.287. The summed E-state index contributed by atoms with van der Waals surface area (Å²) in [6.07, 6.45) is 0. The molecular formula is C29H26N4O3S. The van der Waals surface area contributed by atoms with Crippen molar-refractivity contribution < 1.29 is 14.3 Å². The minimum absolute atomic E-state index is 0.140. The Kier molecular flexibility index (Phi) is 7.20. The summed E-state index contributed by atoms with van der Waals surface area (Å²) in [5, 5.41) is 3.57. The zero-order chi connectivity index (χ0) is 25.8. The summed E-state index contributed by atoms with van der Waals surface area (Å²) in [5.74, 6) is -0.478. The maximum Gasteiger partial charge on any atom is 0.280 e. The Bertz CT molecular complexity index is 1670. The normalized spacial score (nSPS) is 11.8. The number of carbonyl (C=O) groups excluding carboxylic acids is 2. The van der Waals surface area contributed by atoms with Gasteiger partial charge in [-0.1, -0.05) is 59.9 Å². The highest BCUT2D eigenvalue weighted by molar-refractivity contribution is 7.16. The fourth-order valence-electron chi connectivity index (χ4n) is 4.21. The maximum atomic E-state index is 13.7. The highest BCUT2D eigenvalue weighted by Gasteiger charge is 2.15. The van der Waals surface area contributed by atoms with Crippen LogP contribution in [0.5, 0.6) is 0 Å². The number of hydrogen-bond acceptors (Lipinski definition) is 5. The van der Waals surface area contributed by atoms with E-state index in [0.717, 1.165) is 32.4 Å². The molecule has 0 spiro atoms. The summed E-state index contributed by atoms with van der Waals surface area (Å²) < 4.78 is 8.50. The Balaban J connectivity index is 1.64. The van der Waals surface area contributed by atoms with E-state index in [0.29, 0.717) is 35.8 Å². The molecule has 0 unspecified atom stereocenters. The first kappa shape index (κ1) is 24.5. The lowest BCUT2D eigenvalue weighted by molar-refractivity contribution is -0.114. The van der Waals surface area contributed by atoms with Gasteiger partial charge in [0.15, 0.2) is 4.80 Å². The minimum atomic E-state index is -0.338. The number of pyridine rings is 1. The smallest absolute Gasteiger partial charge is 0.280 e. The van der Waals surface area contributed by atoms with E-state index >= 15 is 0 Å². The van der Waals surface area contributed by atoms with Gasteiger partial charge in [0.25, 0.3) is 5.91 Å². The number of ether oxygens (including phenoxy) is 1. The van der Waals surface area contributed by atoms with Crippen molar-refractivity contribution in [1.82, 2.24) is 9.55 Å². The largest absolute Gasteiger partial charge is 0.380 e. The molecule has 186 valence electrons. The first-order chi connectivity index (χ1) is 18.0. The Morgan fingerprint density at radius 2 is 1.81 bits per heavy atom. The molecule has 3 aromatic carbocycles. The number of hydrogen-bond donors (Lipinski definition) is 1. The molecule has 0 saturated carbocycles. The van der Waals surface area contributed by atoms with Gasteiger partial charge in [-0.3, -0.25) is 9.59 Å². The molecule has 2 amide bonds. The molecule has 5 aromatic rings. The van der Waals surface area contributed by atoms with E-state index in [2.05, 4.69) is 10.3 Å². The molecular weight excluding hydrogens is 484 g/mol. The standard InChI is InChI=1S/C29H26N4O3S/c1-3-36-16-15-33-26-14-13-21(30-19(2)34)17-27(26)37-29(33)32-28(35)23-18-25(20-9-5-4-6-10-20)31-24-12-8-7-11-22(23)24/h4-14,17-18H,3,15-16H2,1-2H3,(H,30,34). The SMILES string of the molecule is CCOCCn1c(=NC(=O)c2cc(-c3ccccc3)nc3ccccc23)sc2cc(NC(C)=O)ccc21. The molecule has 0 aliphatic heterocycles. The summed E-state index contributed by atoms with van der Waals surface area (Å²) in [7, 11) is 0. The molecule has 0 bridgehead atoms. The van der Waals surface area contributed by atoms with Gasteiger partial charge in [-0.15, -0.1) is 0 Å². The Morgan fingerprint density at radius 3 is 2.59 bits per heavy atom. The van der Waals surface area contributed by atoms with E-state index in [4.69, 9.17) is 9.72 Å². The number of carbonyl (C=O) groups is 2. The van der Waals surface area contributed by atoms with Gasteiger partial charge in [0.05, 0.1) is 33.6 Å². The second-order valence-electron chi connectivity index (χ2n) is 8.45. The van der Waals surface area contributed by atoms with E-state index in [1.165, 1.54) is 18.3 Å². The Labute approximate surface area is 218 Å². The number of benzene rings is 3. The topological polar surface area (TPSA) is 85.6 Å².